The molecule has 0 saturated carbocycles. The van der Waals surface area contributed by atoms with Crippen molar-refractivity contribution in [2.75, 3.05) is 13.2 Å². The second-order valence-electron chi connectivity index (χ2n) is 14.3. The molecule has 15 atom stereocenters. The maximum absolute atomic E-state index is 12.8. The molecule has 3 aliphatic rings. The smallest absolute Gasteiger partial charge is 0.311 e. The normalized spacial score (nSPS) is 43.1. The summed E-state index contributed by atoms with van der Waals surface area (Å²) in [5.74, 6) is 2.26. The number of hydrogen-bond acceptors (Lipinski definition) is 10. The van der Waals surface area contributed by atoms with E-state index in [9.17, 15) is 9.59 Å². The zero-order chi connectivity index (χ0) is 33.1. The zero-order valence-corrected chi connectivity index (χ0v) is 28.7. The van der Waals surface area contributed by atoms with Crippen molar-refractivity contribution in [2.45, 2.75) is 139 Å². The Morgan fingerprint density at radius 1 is 0.705 bits per heavy atom. The van der Waals surface area contributed by atoms with Gasteiger partial charge in [0.1, 0.15) is 25.4 Å². The van der Waals surface area contributed by atoms with E-state index in [-0.39, 0.29) is 55.1 Å². The van der Waals surface area contributed by atoms with Gasteiger partial charge in [0, 0.05) is 24.7 Å². The predicted octanol–water partition coefficient (Wildman–Crippen LogP) is 4.96. The van der Waals surface area contributed by atoms with Crippen molar-refractivity contribution in [1.82, 2.24) is 0 Å². The van der Waals surface area contributed by atoms with E-state index in [1.807, 2.05) is 20.8 Å². The number of carbonyl (C=O) groups is 2. The molecule has 3 rings (SSSR count). The summed E-state index contributed by atoms with van der Waals surface area (Å²) >= 11 is 0. The molecule has 0 N–H and O–H groups in total. The first-order valence-electron chi connectivity index (χ1n) is 16.1. The molecule has 6 unspecified atom stereocenters. The summed E-state index contributed by atoms with van der Waals surface area (Å²) in [7, 11) is 0. The van der Waals surface area contributed by atoms with Crippen LogP contribution in [0, 0.1) is 53.3 Å². The van der Waals surface area contributed by atoms with Crippen molar-refractivity contribution in [3.8, 4) is 12.3 Å². The van der Waals surface area contributed by atoms with Gasteiger partial charge in [0.05, 0.1) is 23.7 Å². The van der Waals surface area contributed by atoms with Crippen molar-refractivity contribution >= 4 is 11.9 Å². The molecule has 252 valence electrons. The van der Waals surface area contributed by atoms with Crippen LogP contribution in [0.5, 0.6) is 0 Å². The van der Waals surface area contributed by atoms with Gasteiger partial charge in [-0.3, -0.25) is 9.59 Å². The number of esters is 2. The van der Waals surface area contributed by atoms with E-state index in [0.29, 0.717) is 11.8 Å². The van der Waals surface area contributed by atoms with E-state index in [1.165, 1.54) is 6.92 Å². The van der Waals surface area contributed by atoms with E-state index in [0.717, 1.165) is 0 Å². The summed E-state index contributed by atoms with van der Waals surface area (Å²) in [4.78, 5) is 24.9. The molecule has 0 aromatic carbocycles. The summed E-state index contributed by atoms with van der Waals surface area (Å²) in [5.41, 5.74) is -0.696. The first-order chi connectivity index (χ1) is 20.5. The molecular formula is C34H56O10. The number of hydrogen-bond donors (Lipinski definition) is 0. The topological polar surface area (TPSA) is 108 Å². The minimum atomic E-state index is -0.937. The lowest BCUT2D eigenvalue weighted by Crippen LogP contribution is -2.61. The molecule has 3 fully saturated rings. The highest BCUT2D eigenvalue weighted by atomic mass is 16.8. The van der Waals surface area contributed by atoms with Gasteiger partial charge in [-0.15, -0.1) is 6.42 Å². The molecule has 44 heavy (non-hydrogen) atoms. The highest BCUT2D eigenvalue weighted by molar-refractivity contribution is 5.75. The van der Waals surface area contributed by atoms with E-state index in [4.69, 9.17) is 44.3 Å². The molecule has 10 heteroatoms. The minimum absolute atomic E-state index is 0.00738. The van der Waals surface area contributed by atoms with Gasteiger partial charge >= 0.3 is 11.9 Å². The molecule has 0 aromatic rings. The Hall–Kier alpha value is -1.74. The third-order valence-corrected chi connectivity index (χ3v) is 10.1. The molecule has 0 aromatic heterocycles. The monoisotopic (exact) mass is 624 g/mol. The molecule has 0 radical (unpaired) electrons. The van der Waals surface area contributed by atoms with Crippen molar-refractivity contribution in [1.29, 1.82) is 0 Å². The average Bonchev–Trinajstić information content (AvgIpc) is 2.95. The molecule has 3 heterocycles. The van der Waals surface area contributed by atoms with Gasteiger partial charge in [-0.05, 0) is 52.4 Å². The zero-order valence-electron chi connectivity index (χ0n) is 28.7. The Bertz CT molecular complexity index is 1000. The lowest BCUT2D eigenvalue weighted by Gasteiger charge is -2.50. The van der Waals surface area contributed by atoms with E-state index in [1.54, 1.807) is 20.8 Å². The van der Waals surface area contributed by atoms with Crippen molar-refractivity contribution < 1.29 is 47.5 Å². The second-order valence-corrected chi connectivity index (χ2v) is 14.3. The van der Waals surface area contributed by atoms with Crippen molar-refractivity contribution in [3.63, 3.8) is 0 Å². The van der Waals surface area contributed by atoms with E-state index < -0.39 is 54.7 Å². The highest BCUT2D eigenvalue weighted by Gasteiger charge is 2.52. The van der Waals surface area contributed by atoms with Crippen LogP contribution in [0.2, 0.25) is 0 Å². The van der Waals surface area contributed by atoms with Crippen LogP contribution < -0.4 is 0 Å². The second kappa shape index (κ2) is 15.2. The van der Waals surface area contributed by atoms with E-state index in [2.05, 4.69) is 40.5 Å². The van der Waals surface area contributed by atoms with Crippen molar-refractivity contribution in [3.05, 3.63) is 0 Å². The molecule has 0 spiro atoms. The highest BCUT2D eigenvalue weighted by Crippen LogP contribution is 2.41. The van der Waals surface area contributed by atoms with Crippen LogP contribution in [0.3, 0.4) is 0 Å². The Balaban J connectivity index is 1.95. The quantitative estimate of drug-likeness (QED) is 0.258. The van der Waals surface area contributed by atoms with Gasteiger partial charge < -0.3 is 37.9 Å². The standard InChI is InChI=1S/C34H56O10/c1-14-15-37-31-29(44-32-28(41-25(10)35)20(5)19(4)24(9)40-32)22(7)27(26(42-31)16-38-33(36)34(11,12)13)43-30-21(6)17(2)18(3)23(8)39-30/h1,17-24,26-32H,15-16H2,2-13H3/t17-,18+,19+,20-,21?,22-,23?,24?,26?,27-,28?,29?,30-,31+,32-/m0/s1. The van der Waals surface area contributed by atoms with Gasteiger partial charge in [-0.1, -0.05) is 47.5 Å². The summed E-state index contributed by atoms with van der Waals surface area (Å²) in [6.07, 6.45) is 0.388. The van der Waals surface area contributed by atoms with Crippen LogP contribution in [0.4, 0.5) is 0 Å². The first-order valence-corrected chi connectivity index (χ1v) is 16.1. The van der Waals surface area contributed by atoms with Gasteiger partial charge in [0.2, 0.25) is 0 Å². The first kappa shape index (κ1) is 36.7. The van der Waals surface area contributed by atoms with Crippen LogP contribution in [0.25, 0.3) is 0 Å². The van der Waals surface area contributed by atoms with Gasteiger partial charge in [0.25, 0.3) is 0 Å². The SMILES string of the molecule is C#CCO[C@@H]1OC(COC(=O)C(C)(C)C)[C@@H](O[C@@H]2OC(C)[C@H](C)[C@H](C)C2C)[C@H](C)C1O[C@@H]1OC(C)[C@H](C)[C@H](C)C1OC(C)=O. The van der Waals surface area contributed by atoms with Crippen LogP contribution in [0.1, 0.15) is 83.1 Å². The fourth-order valence-electron chi connectivity index (χ4n) is 6.20. The fourth-order valence-corrected chi connectivity index (χ4v) is 6.20. The Kier molecular flexibility index (Phi) is 12.7. The minimum Gasteiger partial charge on any atom is -0.462 e. The van der Waals surface area contributed by atoms with Crippen LogP contribution >= 0.6 is 0 Å². The lowest BCUT2D eigenvalue weighted by atomic mass is 9.79. The third kappa shape index (κ3) is 8.54. The summed E-state index contributed by atoms with van der Waals surface area (Å²) in [6, 6.07) is 0. The molecule has 3 aliphatic heterocycles. The Morgan fingerprint density at radius 3 is 1.84 bits per heavy atom. The van der Waals surface area contributed by atoms with Crippen LogP contribution in [0.15, 0.2) is 0 Å². The Morgan fingerprint density at radius 2 is 1.27 bits per heavy atom. The molecule has 0 aliphatic carbocycles. The lowest BCUT2D eigenvalue weighted by molar-refractivity contribution is -0.367. The predicted molar refractivity (Wildman–Crippen MR) is 163 cm³/mol. The number of terminal acetylenes is 1. The molecule has 0 amide bonds. The maximum atomic E-state index is 12.8. The fraction of sp³-hybridized carbons (Fsp3) is 0.882. The molecule has 3 saturated heterocycles. The summed E-state index contributed by atoms with van der Waals surface area (Å²) in [6.45, 7) is 23.3. The number of carbonyl (C=O) groups excluding carboxylic acids is 2. The molecular weight excluding hydrogens is 568 g/mol. The van der Waals surface area contributed by atoms with Crippen LogP contribution in [-0.4, -0.2) is 80.6 Å². The summed E-state index contributed by atoms with van der Waals surface area (Å²) < 4.78 is 50.0. The average molecular weight is 625 g/mol. The van der Waals surface area contributed by atoms with Gasteiger partial charge in [-0.2, -0.15) is 0 Å². The van der Waals surface area contributed by atoms with Crippen LogP contribution in [-0.2, 0) is 47.5 Å². The van der Waals surface area contributed by atoms with Crippen molar-refractivity contribution in [2.24, 2.45) is 40.9 Å². The largest absolute Gasteiger partial charge is 0.462 e. The molecule has 10 nitrogen and oxygen atoms in total. The Labute approximate surface area is 264 Å². The van der Waals surface area contributed by atoms with E-state index >= 15 is 0 Å². The van der Waals surface area contributed by atoms with Gasteiger partial charge in [-0.25, -0.2) is 0 Å². The van der Waals surface area contributed by atoms with Gasteiger partial charge in [0.15, 0.2) is 25.0 Å². The molecule has 0 bridgehead atoms. The summed E-state index contributed by atoms with van der Waals surface area (Å²) in [5, 5.41) is 0. The number of rotatable bonds is 9. The third-order valence-electron chi connectivity index (χ3n) is 10.1. The number of ether oxygens (including phenoxy) is 8. The maximum Gasteiger partial charge on any atom is 0.311 e.